The van der Waals surface area contributed by atoms with Crippen LogP contribution in [0.25, 0.3) is 0 Å². The Bertz CT molecular complexity index is 1040. The SMILES string of the molecule is CC(=O)OCC(=O)[C@@]12OC(C)(C)O[C@@H]1C[C@H]1C3CCC4=CC(=O)C=C[C@]4(C)[C@@]34O[C@H]4C[C@@]12C. The molecule has 4 aliphatic carbocycles. The number of allylic oxidation sites excluding steroid dienone is 2. The van der Waals surface area contributed by atoms with E-state index in [1.54, 1.807) is 12.2 Å². The van der Waals surface area contributed by atoms with Crippen molar-refractivity contribution in [2.75, 3.05) is 6.61 Å². The number of carbonyl (C=O) groups excluding carboxylic acids is 3. The Morgan fingerprint density at radius 1 is 1.12 bits per heavy atom. The monoisotopic (exact) mass is 456 g/mol. The van der Waals surface area contributed by atoms with Gasteiger partial charge >= 0.3 is 5.97 Å². The van der Waals surface area contributed by atoms with Crippen LogP contribution in [0.15, 0.2) is 23.8 Å². The molecular weight excluding hydrogens is 424 g/mol. The molecule has 0 aromatic rings. The zero-order valence-corrected chi connectivity index (χ0v) is 19.9. The van der Waals surface area contributed by atoms with Crippen LogP contribution < -0.4 is 0 Å². The molecule has 3 saturated carbocycles. The van der Waals surface area contributed by atoms with E-state index in [-0.39, 0.29) is 47.1 Å². The number of hydrogen-bond acceptors (Lipinski definition) is 7. The number of esters is 1. The van der Waals surface area contributed by atoms with Gasteiger partial charge in [0.05, 0.1) is 12.2 Å². The maximum absolute atomic E-state index is 13.7. The van der Waals surface area contributed by atoms with Crippen LogP contribution in [0.5, 0.6) is 0 Å². The minimum atomic E-state index is -1.18. The summed E-state index contributed by atoms with van der Waals surface area (Å²) in [6.07, 6.45) is 8.21. The Hall–Kier alpha value is -1.83. The van der Waals surface area contributed by atoms with Gasteiger partial charge in [-0.25, -0.2) is 0 Å². The molecular formula is C26H32O7. The highest BCUT2D eigenvalue weighted by atomic mass is 16.8. The van der Waals surface area contributed by atoms with Crippen molar-refractivity contribution < 1.29 is 33.3 Å². The maximum Gasteiger partial charge on any atom is 0.303 e. The number of carbonyl (C=O) groups is 3. The first-order valence-electron chi connectivity index (χ1n) is 12.1. The van der Waals surface area contributed by atoms with E-state index >= 15 is 0 Å². The molecule has 0 amide bonds. The van der Waals surface area contributed by atoms with Crippen LogP contribution in [-0.4, -0.2) is 53.3 Å². The molecule has 7 nitrogen and oxygen atoms in total. The number of rotatable bonds is 3. The van der Waals surface area contributed by atoms with Crippen LogP contribution >= 0.6 is 0 Å². The third kappa shape index (κ3) is 2.43. The van der Waals surface area contributed by atoms with Gasteiger partial charge in [-0.3, -0.25) is 14.4 Å². The fraction of sp³-hybridized carbons (Fsp3) is 0.731. The van der Waals surface area contributed by atoms with E-state index in [2.05, 4.69) is 13.8 Å². The first-order valence-corrected chi connectivity index (χ1v) is 12.1. The number of hydrogen-bond donors (Lipinski definition) is 0. The molecule has 0 bridgehead atoms. The zero-order chi connectivity index (χ0) is 23.6. The Labute approximate surface area is 193 Å². The van der Waals surface area contributed by atoms with Gasteiger partial charge in [-0.2, -0.15) is 0 Å². The second kappa shape index (κ2) is 6.23. The Morgan fingerprint density at radius 2 is 1.88 bits per heavy atom. The minimum absolute atomic E-state index is 0.0280. The molecule has 2 saturated heterocycles. The van der Waals surface area contributed by atoms with E-state index < -0.39 is 28.9 Å². The molecule has 33 heavy (non-hydrogen) atoms. The molecule has 6 rings (SSSR count). The van der Waals surface area contributed by atoms with Crippen LogP contribution in [0.4, 0.5) is 0 Å². The summed E-state index contributed by atoms with van der Waals surface area (Å²) in [6, 6.07) is 0. The standard InChI is InChI=1S/C26H32O7/c1-14(27)30-13-19(29)26-20(31-22(2,3)33-26)11-18-17-7-6-15-10-16(28)8-9-23(15,4)25(17)21(32-25)12-24(18,26)5/h8-10,17-18,20-21H,6-7,11-13H2,1-5H3/t17?,18-,20+,21-,23-,24-,25+,26+/m0/s1. The lowest BCUT2D eigenvalue weighted by Crippen LogP contribution is -2.63. The van der Waals surface area contributed by atoms with Gasteiger partial charge in [0.15, 0.2) is 23.8 Å². The first-order chi connectivity index (χ1) is 15.4. The largest absolute Gasteiger partial charge is 0.458 e. The van der Waals surface area contributed by atoms with Gasteiger partial charge in [0.2, 0.25) is 5.78 Å². The van der Waals surface area contributed by atoms with Crippen molar-refractivity contribution in [1.29, 1.82) is 0 Å². The summed E-state index contributed by atoms with van der Waals surface area (Å²) in [5.41, 5.74) is -1.20. The molecule has 0 aromatic carbocycles. The highest BCUT2D eigenvalue weighted by molar-refractivity contribution is 6.01. The molecule has 178 valence electrons. The summed E-state index contributed by atoms with van der Waals surface area (Å²) < 4.78 is 24.6. The lowest BCUT2D eigenvalue weighted by atomic mass is 9.46. The maximum atomic E-state index is 13.7. The van der Waals surface area contributed by atoms with Crippen molar-refractivity contribution >= 4 is 17.5 Å². The molecule has 2 heterocycles. The third-order valence-corrected chi connectivity index (χ3v) is 9.75. The van der Waals surface area contributed by atoms with Gasteiger partial charge in [0.25, 0.3) is 0 Å². The quantitative estimate of drug-likeness (QED) is 0.476. The van der Waals surface area contributed by atoms with E-state index in [1.807, 2.05) is 19.9 Å². The van der Waals surface area contributed by atoms with Crippen molar-refractivity contribution in [2.45, 2.75) is 89.5 Å². The minimum Gasteiger partial charge on any atom is -0.458 e. The predicted octanol–water partition coefficient (Wildman–Crippen LogP) is 3.06. The summed E-state index contributed by atoms with van der Waals surface area (Å²) in [7, 11) is 0. The molecule has 0 radical (unpaired) electrons. The normalized spacial score (nSPS) is 50.3. The molecule has 7 heteroatoms. The van der Waals surface area contributed by atoms with Crippen LogP contribution in [0.2, 0.25) is 0 Å². The van der Waals surface area contributed by atoms with Crippen molar-refractivity contribution in [3.8, 4) is 0 Å². The van der Waals surface area contributed by atoms with Gasteiger partial charge in [-0.15, -0.1) is 0 Å². The summed E-state index contributed by atoms with van der Waals surface area (Å²) in [6.45, 7) is 9.02. The second-order valence-electron chi connectivity index (χ2n) is 11.7. The van der Waals surface area contributed by atoms with Crippen molar-refractivity contribution in [3.63, 3.8) is 0 Å². The zero-order valence-electron chi connectivity index (χ0n) is 19.9. The highest BCUT2D eigenvalue weighted by Crippen LogP contribution is 2.77. The summed E-state index contributed by atoms with van der Waals surface area (Å²) in [5.74, 6) is -1.18. The fourth-order valence-corrected chi connectivity index (χ4v) is 8.52. The van der Waals surface area contributed by atoms with Crippen LogP contribution in [-0.2, 0) is 33.3 Å². The lowest BCUT2D eigenvalue weighted by molar-refractivity contribution is -0.212. The molecule has 0 N–H and O–H groups in total. The van der Waals surface area contributed by atoms with Gasteiger partial charge in [-0.05, 0) is 70.4 Å². The summed E-state index contributed by atoms with van der Waals surface area (Å²) in [4.78, 5) is 37.3. The van der Waals surface area contributed by atoms with Gasteiger partial charge in [0, 0.05) is 17.8 Å². The average Bonchev–Trinajstić information content (AvgIpc) is 3.30. The molecule has 6 aliphatic rings. The van der Waals surface area contributed by atoms with Gasteiger partial charge in [0.1, 0.15) is 5.60 Å². The van der Waals surface area contributed by atoms with Crippen molar-refractivity contribution in [1.82, 2.24) is 0 Å². The Balaban J connectivity index is 1.42. The highest BCUT2D eigenvalue weighted by Gasteiger charge is 2.84. The van der Waals surface area contributed by atoms with Crippen LogP contribution in [0.3, 0.4) is 0 Å². The van der Waals surface area contributed by atoms with Crippen molar-refractivity contribution in [2.24, 2.45) is 22.7 Å². The Morgan fingerprint density at radius 3 is 2.61 bits per heavy atom. The van der Waals surface area contributed by atoms with E-state index in [4.69, 9.17) is 18.9 Å². The van der Waals surface area contributed by atoms with E-state index in [0.29, 0.717) is 12.8 Å². The number of ketones is 2. The van der Waals surface area contributed by atoms with E-state index in [1.165, 1.54) is 6.92 Å². The number of epoxide rings is 1. The van der Waals surface area contributed by atoms with Gasteiger partial charge < -0.3 is 18.9 Å². The number of ether oxygens (including phenoxy) is 4. The fourth-order valence-electron chi connectivity index (χ4n) is 8.52. The van der Waals surface area contributed by atoms with E-state index in [9.17, 15) is 14.4 Å². The molecule has 0 aromatic heterocycles. The Kier molecular flexibility index (Phi) is 4.10. The van der Waals surface area contributed by atoms with E-state index in [0.717, 1.165) is 18.4 Å². The van der Waals surface area contributed by atoms with Crippen molar-refractivity contribution in [3.05, 3.63) is 23.8 Å². The smallest absolute Gasteiger partial charge is 0.303 e. The van der Waals surface area contributed by atoms with Crippen LogP contribution in [0.1, 0.15) is 60.3 Å². The topological polar surface area (TPSA) is 91.4 Å². The van der Waals surface area contributed by atoms with Gasteiger partial charge in [-0.1, -0.05) is 18.6 Å². The molecule has 1 unspecified atom stereocenters. The first kappa shape index (κ1) is 21.7. The predicted molar refractivity (Wildman–Crippen MR) is 116 cm³/mol. The number of fused-ring (bicyclic) bond motifs is 5. The summed E-state index contributed by atoms with van der Waals surface area (Å²) >= 11 is 0. The van der Waals surface area contributed by atoms with Crippen LogP contribution in [0, 0.1) is 22.7 Å². The molecule has 2 aliphatic heterocycles. The lowest BCUT2D eigenvalue weighted by Gasteiger charge is -2.56. The average molecular weight is 457 g/mol. The molecule has 5 fully saturated rings. The third-order valence-electron chi connectivity index (χ3n) is 9.75. The molecule has 1 spiro atoms. The molecule has 8 atom stereocenters. The summed E-state index contributed by atoms with van der Waals surface area (Å²) in [5, 5.41) is 0. The number of Topliss-reactive ketones (excluding diaryl/α,β-unsaturated/α-hetero) is 1. The second-order valence-corrected chi connectivity index (χ2v) is 11.7.